The van der Waals surface area contributed by atoms with Crippen molar-refractivity contribution in [3.8, 4) is 23.0 Å². The van der Waals surface area contributed by atoms with Crippen molar-refractivity contribution in [2.75, 3.05) is 68.4 Å². The van der Waals surface area contributed by atoms with Crippen LogP contribution in [-0.2, 0) is 31.8 Å². The highest BCUT2D eigenvalue weighted by molar-refractivity contribution is 5.92. The van der Waals surface area contributed by atoms with E-state index in [1.165, 1.54) is 18.2 Å². The normalized spacial score (nSPS) is 24.8. The van der Waals surface area contributed by atoms with Crippen molar-refractivity contribution in [1.29, 1.82) is 0 Å². The third kappa shape index (κ3) is 8.56. The summed E-state index contributed by atoms with van der Waals surface area (Å²) in [5.74, 6) is 2.72. The van der Waals surface area contributed by atoms with Gasteiger partial charge in [-0.1, -0.05) is 25.5 Å². The van der Waals surface area contributed by atoms with Crippen molar-refractivity contribution in [2.24, 2.45) is 17.8 Å². The zero-order chi connectivity index (χ0) is 42.5. The molecule has 0 bridgehead atoms. The molecule has 0 saturated carbocycles. The molecule has 1 fully saturated rings. The quantitative estimate of drug-likeness (QED) is 0.154. The summed E-state index contributed by atoms with van der Waals surface area (Å²) in [5.41, 5.74) is 6.16. The summed E-state index contributed by atoms with van der Waals surface area (Å²) in [6.07, 6.45) is 6.72. The number of allylic oxidation sites excluding steroid dienone is 1. The van der Waals surface area contributed by atoms with Gasteiger partial charge < -0.3 is 43.2 Å². The summed E-state index contributed by atoms with van der Waals surface area (Å²) in [7, 11) is 8.05. The van der Waals surface area contributed by atoms with E-state index in [2.05, 4.69) is 36.1 Å². The maximum atomic E-state index is 15.3. The number of hydrogen-bond donors (Lipinski definition) is 1. The van der Waals surface area contributed by atoms with Crippen molar-refractivity contribution >= 4 is 11.9 Å². The van der Waals surface area contributed by atoms with Crippen LogP contribution in [0.3, 0.4) is 0 Å². The standard InChI is InChI=1S/C48H62N2O10/c1-8-29-28-49-18-16-32-23-41(54-3)43(56-5)26-37(32)39(49)21-34(29)22-40-38-27-44(57-6)42(55-4)24-33(38)17-19-50(40)46(52)45-25-36(30-12-14-31(15-13-30)47(53)58-7)35(11-10-20-51)48(60-45)59-9-2/h12-15,23-27,29,34-36,39-40,48,51H,8-11,16-22,28H2,1-7H3/t29-,34+,35+,36-,39-,40+,48-/m0/s1. The molecule has 4 aliphatic heterocycles. The highest BCUT2D eigenvalue weighted by Crippen LogP contribution is 2.50. The first-order valence-corrected chi connectivity index (χ1v) is 21.5. The van der Waals surface area contributed by atoms with Crippen LogP contribution in [0.15, 0.2) is 60.4 Å². The minimum absolute atomic E-state index is 0.0216. The second-order valence-electron chi connectivity index (χ2n) is 16.4. The van der Waals surface area contributed by atoms with Crippen LogP contribution in [0.2, 0.25) is 0 Å². The summed E-state index contributed by atoms with van der Waals surface area (Å²) in [4.78, 5) is 32.3. The minimum atomic E-state index is -0.716. The molecule has 0 radical (unpaired) electrons. The summed E-state index contributed by atoms with van der Waals surface area (Å²) in [6, 6.07) is 15.7. The molecule has 1 N–H and O–H groups in total. The molecule has 7 rings (SSSR count). The molecule has 0 spiro atoms. The Morgan fingerprint density at radius 2 is 1.45 bits per heavy atom. The van der Waals surface area contributed by atoms with E-state index in [1.807, 2.05) is 30.0 Å². The van der Waals surface area contributed by atoms with E-state index in [4.69, 9.17) is 33.2 Å². The Balaban J connectivity index is 1.27. The van der Waals surface area contributed by atoms with Crippen LogP contribution in [0.4, 0.5) is 0 Å². The van der Waals surface area contributed by atoms with Crippen molar-refractivity contribution in [3.63, 3.8) is 0 Å². The van der Waals surface area contributed by atoms with E-state index in [0.717, 1.165) is 67.0 Å². The number of nitrogens with zero attached hydrogens (tertiary/aromatic N) is 2. The molecule has 12 nitrogen and oxygen atoms in total. The van der Waals surface area contributed by atoms with Gasteiger partial charge in [-0.2, -0.15) is 0 Å². The molecule has 3 aromatic rings. The van der Waals surface area contributed by atoms with Crippen molar-refractivity contribution < 1.29 is 47.9 Å². The fourth-order valence-corrected chi connectivity index (χ4v) is 10.3. The first-order chi connectivity index (χ1) is 29.2. The average molecular weight is 827 g/mol. The van der Waals surface area contributed by atoms with Crippen LogP contribution in [0.25, 0.3) is 0 Å². The number of hydrogen-bond acceptors (Lipinski definition) is 11. The van der Waals surface area contributed by atoms with Gasteiger partial charge in [0.05, 0.1) is 47.2 Å². The number of carbonyl (C=O) groups excluding carboxylic acids is 2. The number of amides is 1. The van der Waals surface area contributed by atoms with Gasteiger partial charge in [0.1, 0.15) is 0 Å². The van der Waals surface area contributed by atoms with Crippen molar-refractivity contribution in [2.45, 2.75) is 83.1 Å². The summed E-state index contributed by atoms with van der Waals surface area (Å²) in [5, 5.41) is 9.87. The lowest BCUT2D eigenvalue weighted by Crippen LogP contribution is -2.48. The smallest absolute Gasteiger partial charge is 0.337 e. The van der Waals surface area contributed by atoms with Crippen LogP contribution in [0, 0.1) is 17.8 Å². The highest BCUT2D eigenvalue weighted by atomic mass is 16.7. The lowest BCUT2D eigenvalue weighted by molar-refractivity contribution is -0.171. The predicted molar refractivity (Wildman–Crippen MR) is 227 cm³/mol. The predicted octanol–water partition coefficient (Wildman–Crippen LogP) is 7.42. The van der Waals surface area contributed by atoms with Gasteiger partial charge in [-0.05, 0) is 128 Å². The zero-order valence-electron chi connectivity index (χ0n) is 36.2. The van der Waals surface area contributed by atoms with Crippen LogP contribution < -0.4 is 18.9 Å². The largest absolute Gasteiger partial charge is 0.493 e. The number of fused-ring (bicyclic) bond motifs is 4. The molecular formula is C48H62N2O10. The fourth-order valence-electron chi connectivity index (χ4n) is 10.3. The number of piperidine rings is 1. The number of aliphatic hydroxyl groups excluding tert-OH is 1. The van der Waals surface area contributed by atoms with Gasteiger partial charge >= 0.3 is 5.97 Å². The van der Waals surface area contributed by atoms with Gasteiger partial charge in [-0.15, -0.1) is 0 Å². The molecule has 1 amide bonds. The Morgan fingerprint density at radius 1 is 0.817 bits per heavy atom. The number of benzene rings is 3. The van der Waals surface area contributed by atoms with E-state index in [9.17, 15) is 9.90 Å². The summed E-state index contributed by atoms with van der Waals surface area (Å²) >= 11 is 0. The van der Waals surface area contributed by atoms with Crippen LogP contribution in [-0.4, -0.2) is 101 Å². The van der Waals surface area contributed by atoms with Gasteiger partial charge in [0.2, 0.25) is 6.29 Å². The minimum Gasteiger partial charge on any atom is -0.493 e. The number of esters is 1. The molecule has 3 aromatic carbocycles. The molecule has 324 valence electrons. The maximum absolute atomic E-state index is 15.3. The molecule has 7 atom stereocenters. The Bertz CT molecular complexity index is 2020. The Hall–Kier alpha value is -4.78. The molecule has 4 aliphatic rings. The van der Waals surface area contributed by atoms with Gasteiger partial charge in [-0.3, -0.25) is 9.69 Å². The second-order valence-corrected chi connectivity index (χ2v) is 16.4. The SMILES string of the molecule is CCO[C@H]1OC(C(=O)N2CCc3cc(OC)c(OC)cc3[C@H]2C[C@H]2C[C@H]3c4cc(OC)c(OC)cc4CCN3C[C@@H]2CC)=C[C@@H](c2ccc(C(=O)OC)cc2)[C@H]1CCCO. The number of rotatable bonds is 15. The van der Waals surface area contributed by atoms with E-state index in [0.29, 0.717) is 61.3 Å². The highest BCUT2D eigenvalue weighted by Gasteiger charge is 2.45. The molecular weight excluding hydrogens is 765 g/mol. The lowest BCUT2D eigenvalue weighted by Gasteiger charge is -2.49. The Labute approximate surface area is 354 Å². The lowest BCUT2D eigenvalue weighted by atomic mass is 9.72. The third-order valence-electron chi connectivity index (χ3n) is 13.4. The third-order valence-corrected chi connectivity index (χ3v) is 13.4. The van der Waals surface area contributed by atoms with Gasteiger partial charge in [0, 0.05) is 50.7 Å². The topological polar surface area (TPSA) is 125 Å². The molecule has 4 heterocycles. The van der Waals surface area contributed by atoms with E-state index in [1.54, 1.807) is 40.6 Å². The number of ether oxygens (including phenoxy) is 7. The first kappa shape index (κ1) is 43.3. The van der Waals surface area contributed by atoms with E-state index in [-0.39, 0.29) is 42.2 Å². The molecule has 1 saturated heterocycles. The number of aliphatic hydroxyl groups is 1. The van der Waals surface area contributed by atoms with Crippen molar-refractivity contribution in [3.05, 3.63) is 93.7 Å². The van der Waals surface area contributed by atoms with Crippen LogP contribution in [0.5, 0.6) is 23.0 Å². The van der Waals surface area contributed by atoms with Gasteiger partial charge in [-0.25, -0.2) is 4.79 Å². The first-order valence-electron chi connectivity index (χ1n) is 21.5. The number of methoxy groups -OCH3 is 5. The molecule has 0 unspecified atom stereocenters. The maximum Gasteiger partial charge on any atom is 0.337 e. The molecule has 12 heteroatoms. The Morgan fingerprint density at radius 3 is 2.07 bits per heavy atom. The van der Waals surface area contributed by atoms with Gasteiger partial charge in [0.25, 0.3) is 5.91 Å². The fraction of sp³-hybridized carbons (Fsp3) is 0.542. The van der Waals surface area contributed by atoms with E-state index < -0.39 is 12.3 Å². The summed E-state index contributed by atoms with van der Waals surface area (Å²) in [6.45, 7) is 7.08. The summed E-state index contributed by atoms with van der Waals surface area (Å²) < 4.78 is 40.9. The second kappa shape index (κ2) is 19.3. The van der Waals surface area contributed by atoms with E-state index >= 15 is 4.79 Å². The monoisotopic (exact) mass is 826 g/mol. The van der Waals surface area contributed by atoms with Crippen molar-refractivity contribution in [1.82, 2.24) is 9.80 Å². The molecule has 0 aromatic heterocycles. The zero-order valence-corrected chi connectivity index (χ0v) is 36.2. The van der Waals surface area contributed by atoms with Gasteiger partial charge in [0.15, 0.2) is 28.8 Å². The van der Waals surface area contributed by atoms with Crippen LogP contribution in [0.1, 0.15) is 102 Å². The Kier molecular flexibility index (Phi) is 13.9. The molecule has 60 heavy (non-hydrogen) atoms. The molecule has 0 aliphatic carbocycles. The number of carbonyl (C=O) groups is 2. The average Bonchev–Trinajstić information content (AvgIpc) is 3.29. The van der Waals surface area contributed by atoms with Crippen LogP contribution >= 0.6 is 0 Å².